The van der Waals surface area contributed by atoms with Gasteiger partial charge in [0.05, 0.1) is 5.56 Å². The molecule has 0 saturated carbocycles. The lowest BCUT2D eigenvalue weighted by Crippen LogP contribution is -2.43. The third kappa shape index (κ3) is 3.12. The number of nitrogen functional groups attached to an aromatic ring is 1. The van der Waals surface area contributed by atoms with Gasteiger partial charge in [-0.15, -0.1) is 0 Å². The van der Waals surface area contributed by atoms with E-state index < -0.39 is 0 Å². The van der Waals surface area contributed by atoms with Crippen molar-refractivity contribution in [3.05, 3.63) is 29.3 Å². The van der Waals surface area contributed by atoms with Crippen LogP contribution in [0.15, 0.2) is 18.2 Å². The van der Waals surface area contributed by atoms with E-state index in [4.69, 9.17) is 5.73 Å². The van der Waals surface area contributed by atoms with Gasteiger partial charge in [0.25, 0.3) is 5.91 Å². The van der Waals surface area contributed by atoms with E-state index in [2.05, 4.69) is 18.9 Å². The SMILES string of the molecule is CCC1CN(C)CCCN1C(=O)c1cc(C)ccc1N. The van der Waals surface area contributed by atoms with Crippen molar-refractivity contribution in [1.29, 1.82) is 0 Å². The largest absolute Gasteiger partial charge is 0.398 e. The van der Waals surface area contributed by atoms with Crippen LogP contribution in [-0.4, -0.2) is 48.4 Å². The number of hydrogen-bond acceptors (Lipinski definition) is 3. The fourth-order valence-electron chi connectivity index (χ4n) is 2.87. The minimum atomic E-state index is 0.0772. The van der Waals surface area contributed by atoms with Crippen LogP contribution in [0.5, 0.6) is 0 Å². The minimum Gasteiger partial charge on any atom is -0.398 e. The molecule has 1 aliphatic heterocycles. The van der Waals surface area contributed by atoms with Crippen LogP contribution in [0.4, 0.5) is 5.69 Å². The van der Waals surface area contributed by atoms with Gasteiger partial charge in [-0.05, 0) is 45.5 Å². The van der Waals surface area contributed by atoms with Crippen LogP contribution in [0.25, 0.3) is 0 Å². The maximum absolute atomic E-state index is 12.8. The number of anilines is 1. The Morgan fingerprint density at radius 2 is 2.15 bits per heavy atom. The van der Waals surface area contributed by atoms with E-state index in [1.54, 1.807) is 0 Å². The Hall–Kier alpha value is -1.55. The molecule has 110 valence electrons. The number of aryl methyl sites for hydroxylation is 1. The first-order valence-corrected chi connectivity index (χ1v) is 7.38. The van der Waals surface area contributed by atoms with Crippen molar-refractivity contribution >= 4 is 11.6 Å². The molecule has 1 aromatic carbocycles. The minimum absolute atomic E-state index is 0.0772. The Labute approximate surface area is 121 Å². The van der Waals surface area contributed by atoms with Gasteiger partial charge in [0.2, 0.25) is 0 Å². The van der Waals surface area contributed by atoms with Gasteiger partial charge in [-0.3, -0.25) is 4.79 Å². The van der Waals surface area contributed by atoms with E-state index in [-0.39, 0.29) is 11.9 Å². The number of carbonyl (C=O) groups excluding carboxylic acids is 1. The predicted molar refractivity (Wildman–Crippen MR) is 82.8 cm³/mol. The highest BCUT2D eigenvalue weighted by atomic mass is 16.2. The maximum atomic E-state index is 12.8. The lowest BCUT2D eigenvalue weighted by atomic mass is 10.1. The van der Waals surface area contributed by atoms with Crippen LogP contribution >= 0.6 is 0 Å². The number of nitrogens with zero attached hydrogens (tertiary/aromatic N) is 2. The molecule has 1 amide bonds. The Kier molecular flexibility index (Phi) is 4.65. The first kappa shape index (κ1) is 14.9. The Balaban J connectivity index is 2.27. The maximum Gasteiger partial charge on any atom is 0.256 e. The molecule has 1 unspecified atom stereocenters. The van der Waals surface area contributed by atoms with Gasteiger partial charge in [-0.25, -0.2) is 0 Å². The summed E-state index contributed by atoms with van der Waals surface area (Å²) in [6.07, 6.45) is 1.99. The molecule has 1 fully saturated rings. The third-order valence-electron chi connectivity index (χ3n) is 4.07. The summed E-state index contributed by atoms with van der Waals surface area (Å²) in [6, 6.07) is 5.95. The topological polar surface area (TPSA) is 49.6 Å². The van der Waals surface area contributed by atoms with Crippen molar-refractivity contribution in [3.63, 3.8) is 0 Å². The molecule has 1 aliphatic rings. The van der Waals surface area contributed by atoms with Gasteiger partial charge < -0.3 is 15.5 Å². The molecule has 0 aliphatic carbocycles. The molecule has 1 aromatic rings. The van der Waals surface area contributed by atoms with Gasteiger partial charge in [-0.1, -0.05) is 18.6 Å². The summed E-state index contributed by atoms with van der Waals surface area (Å²) < 4.78 is 0. The molecule has 20 heavy (non-hydrogen) atoms. The van der Waals surface area contributed by atoms with Gasteiger partial charge in [0.1, 0.15) is 0 Å². The fourth-order valence-corrected chi connectivity index (χ4v) is 2.87. The average molecular weight is 275 g/mol. The van der Waals surface area contributed by atoms with Crippen LogP contribution < -0.4 is 5.73 Å². The Morgan fingerprint density at radius 1 is 1.40 bits per heavy atom. The highest BCUT2D eigenvalue weighted by Crippen LogP contribution is 2.20. The molecular weight excluding hydrogens is 250 g/mol. The molecule has 2 N–H and O–H groups in total. The van der Waals surface area contributed by atoms with E-state index in [0.29, 0.717) is 11.3 Å². The summed E-state index contributed by atoms with van der Waals surface area (Å²) in [5.41, 5.74) is 8.29. The van der Waals surface area contributed by atoms with Gasteiger partial charge in [0, 0.05) is 24.8 Å². The van der Waals surface area contributed by atoms with Crippen molar-refractivity contribution in [2.75, 3.05) is 32.4 Å². The zero-order valence-electron chi connectivity index (χ0n) is 12.7. The molecule has 0 radical (unpaired) electrons. The number of amides is 1. The van der Waals surface area contributed by atoms with E-state index in [0.717, 1.165) is 38.0 Å². The van der Waals surface area contributed by atoms with Gasteiger partial charge in [-0.2, -0.15) is 0 Å². The lowest BCUT2D eigenvalue weighted by Gasteiger charge is -2.30. The van der Waals surface area contributed by atoms with Crippen LogP contribution in [-0.2, 0) is 0 Å². The first-order chi connectivity index (χ1) is 9.52. The number of hydrogen-bond donors (Lipinski definition) is 1. The summed E-state index contributed by atoms with van der Waals surface area (Å²) in [5.74, 6) is 0.0772. The van der Waals surface area contributed by atoms with Crippen LogP contribution in [0, 0.1) is 6.92 Å². The van der Waals surface area contributed by atoms with Crippen LogP contribution in [0.1, 0.15) is 35.7 Å². The van der Waals surface area contributed by atoms with Crippen molar-refractivity contribution in [3.8, 4) is 0 Å². The monoisotopic (exact) mass is 275 g/mol. The third-order valence-corrected chi connectivity index (χ3v) is 4.07. The average Bonchev–Trinajstić information content (AvgIpc) is 2.62. The summed E-state index contributed by atoms with van der Waals surface area (Å²) in [5, 5.41) is 0. The number of benzene rings is 1. The van der Waals surface area contributed by atoms with Crippen LogP contribution in [0.2, 0.25) is 0 Å². The molecule has 2 rings (SSSR count). The zero-order chi connectivity index (χ0) is 14.7. The number of nitrogens with two attached hydrogens (primary N) is 1. The van der Waals surface area contributed by atoms with Crippen LogP contribution in [0.3, 0.4) is 0 Å². The predicted octanol–water partition coefficient (Wildman–Crippen LogP) is 2.13. The smallest absolute Gasteiger partial charge is 0.256 e. The highest BCUT2D eigenvalue weighted by molar-refractivity contribution is 5.99. The number of rotatable bonds is 2. The standard InChI is InChI=1S/C16H25N3O/c1-4-13-11-18(3)8-5-9-19(13)16(20)14-10-12(2)6-7-15(14)17/h6-7,10,13H,4-5,8-9,11,17H2,1-3H3. The van der Waals surface area contributed by atoms with E-state index in [9.17, 15) is 4.79 Å². The molecule has 0 aromatic heterocycles. The van der Waals surface area contributed by atoms with Crippen molar-refractivity contribution < 1.29 is 4.79 Å². The summed E-state index contributed by atoms with van der Waals surface area (Å²) in [7, 11) is 2.12. The second-order valence-corrected chi connectivity index (χ2v) is 5.77. The second-order valence-electron chi connectivity index (χ2n) is 5.77. The molecule has 4 heteroatoms. The molecular formula is C16H25N3O. The zero-order valence-corrected chi connectivity index (χ0v) is 12.7. The quantitative estimate of drug-likeness (QED) is 0.841. The molecule has 0 spiro atoms. The molecule has 0 bridgehead atoms. The first-order valence-electron chi connectivity index (χ1n) is 7.38. The molecule has 1 heterocycles. The summed E-state index contributed by atoms with van der Waals surface area (Å²) in [6.45, 7) is 6.93. The second kappa shape index (κ2) is 6.27. The van der Waals surface area contributed by atoms with Crippen molar-refractivity contribution in [2.45, 2.75) is 32.7 Å². The van der Waals surface area contributed by atoms with E-state index >= 15 is 0 Å². The van der Waals surface area contributed by atoms with E-state index in [1.807, 2.05) is 30.0 Å². The number of carbonyl (C=O) groups is 1. The Morgan fingerprint density at radius 3 is 2.85 bits per heavy atom. The molecule has 1 atom stereocenters. The summed E-state index contributed by atoms with van der Waals surface area (Å²) in [4.78, 5) is 17.1. The number of likely N-dealkylation sites (N-methyl/N-ethyl adjacent to an activating group) is 1. The molecule has 4 nitrogen and oxygen atoms in total. The van der Waals surface area contributed by atoms with Crippen molar-refractivity contribution in [1.82, 2.24) is 9.80 Å². The molecule has 1 saturated heterocycles. The van der Waals surface area contributed by atoms with E-state index in [1.165, 1.54) is 0 Å². The normalized spacial score (nSPS) is 20.8. The lowest BCUT2D eigenvalue weighted by molar-refractivity contribution is 0.0676. The summed E-state index contributed by atoms with van der Waals surface area (Å²) >= 11 is 0. The Bertz CT molecular complexity index is 487. The fraction of sp³-hybridized carbons (Fsp3) is 0.562. The van der Waals surface area contributed by atoms with Gasteiger partial charge in [0.15, 0.2) is 0 Å². The van der Waals surface area contributed by atoms with Gasteiger partial charge >= 0.3 is 0 Å². The van der Waals surface area contributed by atoms with Crippen molar-refractivity contribution in [2.24, 2.45) is 0 Å². The highest BCUT2D eigenvalue weighted by Gasteiger charge is 2.27.